The highest BCUT2D eigenvalue weighted by Crippen LogP contribution is 2.36. The van der Waals surface area contributed by atoms with Crippen molar-refractivity contribution in [1.82, 2.24) is 4.90 Å². The van der Waals surface area contributed by atoms with Crippen LogP contribution in [0.25, 0.3) is 0 Å². The molecule has 1 atom stereocenters. The molecule has 1 N–H and O–H groups in total. The Morgan fingerprint density at radius 3 is 2.59 bits per heavy atom. The van der Waals surface area contributed by atoms with E-state index in [1.54, 1.807) is 39.0 Å². The van der Waals surface area contributed by atoms with Gasteiger partial charge in [0.25, 0.3) is 0 Å². The number of amides is 1. The first-order valence-electron chi connectivity index (χ1n) is 7.11. The highest BCUT2D eigenvalue weighted by molar-refractivity contribution is 9.10. The maximum atomic E-state index is 12.2. The minimum Gasteiger partial charge on any atom is -0.481 e. The number of hydrogen-bond donors (Lipinski definition) is 1. The Balaban J connectivity index is 2.26. The Kier molecular flexibility index (Phi) is 4.52. The molecule has 1 aromatic rings. The van der Waals surface area contributed by atoms with Gasteiger partial charge in [-0.25, -0.2) is 4.79 Å². The van der Waals surface area contributed by atoms with Gasteiger partial charge in [-0.2, -0.15) is 0 Å². The third-order valence-electron chi connectivity index (χ3n) is 3.71. The molecule has 22 heavy (non-hydrogen) atoms. The lowest BCUT2D eigenvalue weighted by atomic mass is 9.80. The highest BCUT2D eigenvalue weighted by atomic mass is 79.9. The second-order valence-electron chi connectivity index (χ2n) is 6.55. The number of nitrogens with zero attached hydrogens (tertiary/aromatic N) is 1. The maximum absolute atomic E-state index is 12.2. The number of likely N-dealkylation sites (tertiary alicyclic amines) is 1. The molecule has 5 nitrogen and oxygen atoms in total. The number of hydrogen-bond acceptors (Lipinski definition) is 3. The highest BCUT2D eigenvalue weighted by Gasteiger charge is 2.48. The van der Waals surface area contributed by atoms with Crippen molar-refractivity contribution >= 4 is 28.0 Å². The second kappa shape index (κ2) is 5.91. The summed E-state index contributed by atoms with van der Waals surface area (Å²) in [5.74, 6) is -0.920. The SMILES string of the molecule is CC(C)(C)OC(=O)N1CCC(C(=O)O)(c2cccc(Br)c2)C1. The number of carboxylic acid groups (broad SMARTS) is 1. The molecule has 0 saturated carbocycles. The Morgan fingerprint density at radius 1 is 1.36 bits per heavy atom. The molecule has 2 rings (SSSR count). The molecule has 120 valence electrons. The number of carboxylic acids is 1. The second-order valence-corrected chi connectivity index (χ2v) is 7.47. The summed E-state index contributed by atoms with van der Waals surface area (Å²) in [5, 5.41) is 9.75. The molecule has 0 bridgehead atoms. The van der Waals surface area contributed by atoms with E-state index < -0.39 is 23.1 Å². The van der Waals surface area contributed by atoms with Crippen LogP contribution in [0.5, 0.6) is 0 Å². The van der Waals surface area contributed by atoms with E-state index >= 15 is 0 Å². The van der Waals surface area contributed by atoms with E-state index in [0.717, 1.165) is 4.47 Å². The summed E-state index contributed by atoms with van der Waals surface area (Å²) < 4.78 is 6.16. The summed E-state index contributed by atoms with van der Waals surface area (Å²) in [6.07, 6.45) is -0.0940. The number of rotatable bonds is 2. The molecule has 0 spiro atoms. The fourth-order valence-electron chi connectivity index (χ4n) is 2.61. The van der Waals surface area contributed by atoms with Gasteiger partial charge >= 0.3 is 12.1 Å². The van der Waals surface area contributed by atoms with Crippen LogP contribution < -0.4 is 0 Å². The van der Waals surface area contributed by atoms with Crippen molar-refractivity contribution in [3.05, 3.63) is 34.3 Å². The average Bonchev–Trinajstić information content (AvgIpc) is 2.83. The number of carbonyl (C=O) groups is 2. The molecule has 6 heteroatoms. The van der Waals surface area contributed by atoms with Gasteiger partial charge in [-0.3, -0.25) is 4.79 Å². The molecule has 1 amide bonds. The lowest BCUT2D eigenvalue weighted by Crippen LogP contribution is -2.42. The Labute approximate surface area is 138 Å². The summed E-state index contributed by atoms with van der Waals surface area (Å²) in [4.78, 5) is 25.5. The van der Waals surface area contributed by atoms with Crippen LogP contribution in [0, 0.1) is 0 Å². The number of halogens is 1. The zero-order valence-corrected chi connectivity index (χ0v) is 14.5. The number of benzene rings is 1. The van der Waals surface area contributed by atoms with E-state index in [1.807, 2.05) is 6.07 Å². The lowest BCUT2D eigenvalue weighted by Gasteiger charge is -2.27. The van der Waals surface area contributed by atoms with E-state index in [2.05, 4.69) is 15.9 Å². The smallest absolute Gasteiger partial charge is 0.410 e. The number of ether oxygens (including phenoxy) is 1. The molecular weight excluding hydrogens is 350 g/mol. The minimum atomic E-state index is -1.08. The first-order chi connectivity index (χ1) is 10.1. The summed E-state index contributed by atoms with van der Waals surface area (Å²) in [7, 11) is 0. The Hall–Kier alpha value is -1.56. The van der Waals surface area contributed by atoms with Crippen molar-refractivity contribution in [2.75, 3.05) is 13.1 Å². The van der Waals surface area contributed by atoms with Crippen molar-refractivity contribution in [2.24, 2.45) is 0 Å². The topological polar surface area (TPSA) is 66.8 Å². The molecule has 0 aliphatic carbocycles. The fourth-order valence-corrected chi connectivity index (χ4v) is 3.01. The molecule has 1 fully saturated rings. The van der Waals surface area contributed by atoms with Gasteiger partial charge in [-0.05, 0) is 44.9 Å². The Morgan fingerprint density at radius 2 is 2.05 bits per heavy atom. The summed E-state index contributed by atoms with van der Waals surface area (Å²) in [6.45, 7) is 5.86. The predicted octanol–water partition coefficient (Wildman–Crippen LogP) is 3.41. The van der Waals surface area contributed by atoms with Gasteiger partial charge in [-0.1, -0.05) is 28.1 Å². The van der Waals surface area contributed by atoms with Gasteiger partial charge in [-0.15, -0.1) is 0 Å². The van der Waals surface area contributed by atoms with Crippen molar-refractivity contribution in [1.29, 1.82) is 0 Å². The van der Waals surface area contributed by atoms with Gasteiger partial charge in [0, 0.05) is 17.6 Å². The molecule has 1 aromatic carbocycles. The molecule has 1 heterocycles. The third-order valence-corrected chi connectivity index (χ3v) is 4.20. The maximum Gasteiger partial charge on any atom is 0.410 e. The predicted molar refractivity (Wildman–Crippen MR) is 85.9 cm³/mol. The summed E-state index contributed by atoms with van der Waals surface area (Å²) in [6, 6.07) is 7.24. The largest absolute Gasteiger partial charge is 0.481 e. The molecule has 0 aromatic heterocycles. The van der Waals surface area contributed by atoms with Crippen LogP contribution in [0.4, 0.5) is 4.79 Å². The fraction of sp³-hybridized carbons (Fsp3) is 0.500. The molecule has 0 radical (unpaired) electrons. The van der Waals surface area contributed by atoms with E-state index in [1.165, 1.54) is 4.90 Å². The molecule has 1 unspecified atom stereocenters. The average molecular weight is 370 g/mol. The van der Waals surface area contributed by atoms with Crippen molar-refractivity contribution in [3.63, 3.8) is 0 Å². The Bertz CT molecular complexity index is 596. The van der Waals surface area contributed by atoms with E-state index in [0.29, 0.717) is 18.5 Å². The van der Waals surface area contributed by atoms with Crippen molar-refractivity contribution in [2.45, 2.75) is 38.2 Å². The first-order valence-corrected chi connectivity index (χ1v) is 7.91. The van der Waals surface area contributed by atoms with Gasteiger partial charge < -0.3 is 14.7 Å². The number of aliphatic carboxylic acids is 1. The van der Waals surface area contributed by atoms with Crippen LogP contribution in [0.3, 0.4) is 0 Å². The monoisotopic (exact) mass is 369 g/mol. The summed E-state index contributed by atoms with van der Waals surface area (Å²) in [5.41, 5.74) is -0.984. The van der Waals surface area contributed by atoms with Crippen LogP contribution in [-0.4, -0.2) is 40.8 Å². The molecule has 1 aliphatic rings. The van der Waals surface area contributed by atoms with Crippen LogP contribution in [0.1, 0.15) is 32.8 Å². The quantitative estimate of drug-likeness (QED) is 0.867. The molecule has 1 saturated heterocycles. The zero-order chi connectivity index (χ0) is 16.5. The van der Waals surface area contributed by atoms with Gasteiger partial charge in [0.15, 0.2) is 0 Å². The van der Waals surface area contributed by atoms with Gasteiger partial charge in [0.2, 0.25) is 0 Å². The standard InChI is InChI=1S/C16H20BrNO4/c1-15(2,3)22-14(21)18-8-7-16(10-18,13(19)20)11-5-4-6-12(17)9-11/h4-6,9H,7-8,10H2,1-3H3,(H,19,20). The van der Waals surface area contributed by atoms with E-state index in [4.69, 9.17) is 4.74 Å². The summed E-state index contributed by atoms with van der Waals surface area (Å²) >= 11 is 3.37. The van der Waals surface area contributed by atoms with Gasteiger partial charge in [0.05, 0.1) is 0 Å². The molecular formula is C16H20BrNO4. The van der Waals surface area contributed by atoms with E-state index in [-0.39, 0.29) is 6.54 Å². The van der Waals surface area contributed by atoms with E-state index in [9.17, 15) is 14.7 Å². The van der Waals surface area contributed by atoms with Gasteiger partial charge in [0.1, 0.15) is 11.0 Å². The first kappa shape index (κ1) is 16.8. The van der Waals surface area contributed by atoms with Crippen LogP contribution in [0.15, 0.2) is 28.7 Å². The van der Waals surface area contributed by atoms with Crippen LogP contribution in [0.2, 0.25) is 0 Å². The minimum absolute atomic E-state index is 0.119. The van der Waals surface area contributed by atoms with Crippen molar-refractivity contribution < 1.29 is 19.4 Å². The third kappa shape index (κ3) is 3.43. The van der Waals surface area contributed by atoms with Crippen LogP contribution >= 0.6 is 15.9 Å². The van der Waals surface area contributed by atoms with Crippen molar-refractivity contribution in [3.8, 4) is 0 Å². The molecule has 1 aliphatic heterocycles. The number of carbonyl (C=O) groups excluding carboxylic acids is 1. The normalized spacial score (nSPS) is 21.7. The zero-order valence-electron chi connectivity index (χ0n) is 12.9. The van der Waals surface area contributed by atoms with Crippen LogP contribution in [-0.2, 0) is 14.9 Å². The lowest BCUT2D eigenvalue weighted by molar-refractivity contribution is -0.143.